The van der Waals surface area contributed by atoms with Crippen molar-refractivity contribution >= 4 is 0 Å². The van der Waals surface area contributed by atoms with Crippen molar-refractivity contribution in [3.63, 3.8) is 0 Å². The SMILES string of the molecule is CC1CCC23CCC(C)C12C3. The van der Waals surface area contributed by atoms with E-state index in [1.165, 1.54) is 12.8 Å². The molecule has 3 aliphatic rings. The highest BCUT2D eigenvalue weighted by Crippen LogP contribution is 2.84. The Morgan fingerprint density at radius 3 is 1.91 bits per heavy atom. The highest BCUT2D eigenvalue weighted by molar-refractivity contribution is 5.25. The maximum atomic E-state index is 2.50. The second kappa shape index (κ2) is 1.53. The molecule has 0 saturated heterocycles. The summed E-state index contributed by atoms with van der Waals surface area (Å²) < 4.78 is 0. The second-order valence-electron chi connectivity index (χ2n) is 5.38. The van der Waals surface area contributed by atoms with E-state index in [0.29, 0.717) is 0 Å². The van der Waals surface area contributed by atoms with Crippen LogP contribution in [0.2, 0.25) is 0 Å². The van der Waals surface area contributed by atoms with Gasteiger partial charge in [0.2, 0.25) is 0 Å². The largest absolute Gasteiger partial charge is 0.0619 e. The molecule has 3 saturated carbocycles. The first kappa shape index (κ1) is 6.51. The van der Waals surface area contributed by atoms with E-state index in [1.54, 1.807) is 19.3 Å². The molecule has 0 N–H and O–H groups in total. The van der Waals surface area contributed by atoms with Gasteiger partial charge in [-0.25, -0.2) is 0 Å². The van der Waals surface area contributed by atoms with Crippen LogP contribution in [0.15, 0.2) is 0 Å². The Bertz CT molecular complexity index is 190. The van der Waals surface area contributed by atoms with Crippen molar-refractivity contribution < 1.29 is 0 Å². The minimum Gasteiger partial charge on any atom is -0.0619 e. The summed E-state index contributed by atoms with van der Waals surface area (Å²) in [5.74, 6) is 2.11. The fourth-order valence-corrected chi connectivity index (χ4v) is 4.66. The summed E-state index contributed by atoms with van der Waals surface area (Å²) in [6.45, 7) is 4.99. The molecule has 2 atom stereocenters. The molecule has 0 radical (unpaired) electrons. The summed E-state index contributed by atoms with van der Waals surface area (Å²) in [5, 5.41) is 0. The zero-order valence-electron chi connectivity index (χ0n) is 7.69. The van der Waals surface area contributed by atoms with Crippen LogP contribution in [0.4, 0.5) is 0 Å². The van der Waals surface area contributed by atoms with E-state index in [-0.39, 0.29) is 0 Å². The molecule has 0 amide bonds. The van der Waals surface area contributed by atoms with Crippen molar-refractivity contribution in [2.45, 2.75) is 46.0 Å². The lowest BCUT2D eigenvalue weighted by molar-refractivity contribution is 0.256. The Kier molecular flexibility index (Phi) is 0.906. The van der Waals surface area contributed by atoms with Crippen molar-refractivity contribution in [3.05, 3.63) is 0 Å². The van der Waals surface area contributed by atoms with Crippen molar-refractivity contribution in [1.82, 2.24) is 0 Å². The zero-order chi connectivity index (χ0) is 7.69. The lowest BCUT2D eigenvalue weighted by Crippen LogP contribution is -2.16. The van der Waals surface area contributed by atoms with Crippen LogP contribution in [0.3, 0.4) is 0 Å². The second-order valence-corrected chi connectivity index (χ2v) is 5.38. The molecule has 0 heterocycles. The third-order valence-electron chi connectivity index (χ3n) is 5.36. The van der Waals surface area contributed by atoms with Crippen LogP contribution in [0, 0.1) is 22.7 Å². The van der Waals surface area contributed by atoms with E-state index in [1.807, 2.05) is 0 Å². The smallest absolute Gasteiger partial charge is 0.0184 e. The van der Waals surface area contributed by atoms with Gasteiger partial charge in [0.1, 0.15) is 0 Å². The standard InChI is InChI=1S/C11H18/c1-8-3-5-10-6-4-9(2)11(8,10)7-10/h8-9H,3-7H2,1-2H3. The number of rotatable bonds is 0. The fraction of sp³-hybridized carbons (Fsp3) is 1.00. The van der Waals surface area contributed by atoms with Gasteiger partial charge in [0.05, 0.1) is 0 Å². The summed E-state index contributed by atoms with van der Waals surface area (Å²) in [6.07, 6.45) is 7.80. The lowest BCUT2D eigenvalue weighted by Gasteiger charge is -2.23. The minimum absolute atomic E-state index is 0.868. The monoisotopic (exact) mass is 150 g/mol. The molecule has 0 spiro atoms. The molecule has 2 unspecified atom stereocenters. The van der Waals surface area contributed by atoms with Crippen LogP contribution in [0.1, 0.15) is 46.0 Å². The Morgan fingerprint density at radius 1 is 1.00 bits per heavy atom. The Morgan fingerprint density at radius 2 is 1.55 bits per heavy atom. The van der Waals surface area contributed by atoms with Crippen molar-refractivity contribution in [2.24, 2.45) is 22.7 Å². The lowest BCUT2D eigenvalue weighted by atomic mass is 9.82. The van der Waals surface area contributed by atoms with Gasteiger partial charge in [0.25, 0.3) is 0 Å². The van der Waals surface area contributed by atoms with Gasteiger partial charge in [-0.1, -0.05) is 13.8 Å². The van der Waals surface area contributed by atoms with E-state index in [2.05, 4.69) is 13.8 Å². The Balaban J connectivity index is 2.04. The van der Waals surface area contributed by atoms with Crippen molar-refractivity contribution in [2.75, 3.05) is 0 Å². The van der Waals surface area contributed by atoms with Crippen molar-refractivity contribution in [3.8, 4) is 0 Å². The maximum Gasteiger partial charge on any atom is -0.0184 e. The van der Waals surface area contributed by atoms with Gasteiger partial charge in [-0.3, -0.25) is 0 Å². The molecule has 0 aliphatic heterocycles. The average molecular weight is 150 g/mol. The highest BCUT2D eigenvalue weighted by atomic mass is 14.8. The summed E-state index contributed by atoms with van der Waals surface area (Å²) >= 11 is 0. The molecule has 0 bridgehead atoms. The molecule has 62 valence electrons. The molecule has 11 heavy (non-hydrogen) atoms. The van der Waals surface area contributed by atoms with Gasteiger partial charge >= 0.3 is 0 Å². The molecule has 3 rings (SSSR count). The van der Waals surface area contributed by atoms with Crippen LogP contribution in [-0.2, 0) is 0 Å². The van der Waals surface area contributed by atoms with Crippen molar-refractivity contribution in [1.29, 1.82) is 0 Å². The highest BCUT2D eigenvalue weighted by Gasteiger charge is 2.76. The molecule has 0 aromatic heterocycles. The van der Waals surface area contributed by atoms with E-state index >= 15 is 0 Å². The van der Waals surface area contributed by atoms with E-state index < -0.39 is 0 Å². The predicted octanol–water partition coefficient (Wildman–Crippen LogP) is 3.22. The van der Waals surface area contributed by atoms with Gasteiger partial charge in [0, 0.05) is 0 Å². The molecule has 0 heteroatoms. The van der Waals surface area contributed by atoms with Crippen LogP contribution in [-0.4, -0.2) is 0 Å². The minimum atomic E-state index is 0.868. The average Bonchev–Trinajstić information content (AvgIpc) is 2.52. The first-order chi connectivity index (χ1) is 5.21. The maximum absolute atomic E-state index is 2.50. The van der Waals surface area contributed by atoms with Gasteiger partial charge in [0.15, 0.2) is 0 Å². The number of hydrogen-bond donors (Lipinski definition) is 0. The van der Waals surface area contributed by atoms with Gasteiger partial charge < -0.3 is 0 Å². The molecule has 0 aromatic carbocycles. The summed E-state index contributed by atoms with van der Waals surface area (Å²) in [5.41, 5.74) is 1.76. The van der Waals surface area contributed by atoms with E-state index in [9.17, 15) is 0 Å². The van der Waals surface area contributed by atoms with Gasteiger partial charge in [-0.2, -0.15) is 0 Å². The predicted molar refractivity (Wildman–Crippen MR) is 46.3 cm³/mol. The third kappa shape index (κ3) is 0.467. The molecule has 3 aliphatic carbocycles. The zero-order valence-corrected chi connectivity index (χ0v) is 7.69. The number of hydrogen-bond acceptors (Lipinski definition) is 0. The van der Waals surface area contributed by atoms with Gasteiger partial charge in [-0.05, 0) is 54.8 Å². The Labute approximate surface area is 69.4 Å². The van der Waals surface area contributed by atoms with E-state index in [4.69, 9.17) is 0 Å². The first-order valence-corrected chi connectivity index (χ1v) is 5.21. The Hall–Kier alpha value is 0. The molecule has 0 aromatic rings. The third-order valence-corrected chi connectivity index (χ3v) is 5.36. The molecule has 3 fully saturated rings. The molecular weight excluding hydrogens is 132 g/mol. The topological polar surface area (TPSA) is 0 Å². The van der Waals surface area contributed by atoms with Gasteiger partial charge in [-0.15, -0.1) is 0 Å². The molecular formula is C11H18. The summed E-state index contributed by atoms with van der Waals surface area (Å²) in [6, 6.07) is 0. The van der Waals surface area contributed by atoms with Crippen LogP contribution in [0.25, 0.3) is 0 Å². The normalized spacial score (nSPS) is 66.0. The molecule has 0 nitrogen and oxygen atoms in total. The van der Waals surface area contributed by atoms with Crippen LogP contribution < -0.4 is 0 Å². The van der Waals surface area contributed by atoms with Crippen LogP contribution >= 0.6 is 0 Å². The summed E-state index contributed by atoms with van der Waals surface area (Å²) in [7, 11) is 0. The van der Waals surface area contributed by atoms with Crippen LogP contribution in [0.5, 0.6) is 0 Å². The van der Waals surface area contributed by atoms with E-state index in [0.717, 1.165) is 22.7 Å². The fourth-order valence-electron chi connectivity index (χ4n) is 4.66. The summed E-state index contributed by atoms with van der Waals surface area (Å²) in [4.78, 5) is 0. The quantitative estimate of drug-likeness (QED) is 0.497. The first-order valence-electron chi connectivity index (χ1n) is 5.21.